The van der Waals surface area contributed by atoms with E-state index in [0.29, 0.717) is 10.0 Å². The zero-order valence-corrected chi connectivity index (χ0v) is 24.3. The van der Waals surface area contributed by atoms with Crippen molar-refractivity contribution in [1.29, 1.82) is 0 Å². The van der Waals surface area contributed by atoms with Gasteiger partial charge in [0.15, 0.2) is 0 Å². The number of benzene rings is 2. The molecule has 0 spiro atoms. The summed E-state index contributed by atoms with van der Waals surface area (Å²) in [5.74, 6) is 0. The number of halogens is 2. The second kappa shape index (κ2) is 8.79. The Labute approximate surface area is 221 Å². The number of allylic oxidation sites excluding steroid dienone is 1. The van der Waals surface area contributed by atoms with E-state index in [9.17, 15) is 0 Å². The molecule has 0 saturated heterocycles. The fourth-order valence-corrected chi connectivity index (χ4v) is 7.25. The van der Waals surface area contributed by atoms with E-state index < -0.39 is 0 Å². The zero-order valence-electron chi connectivity index (χ0n) is 22.0. The van der Waals surface area contributed by atoms with Gasteiger partial charge in [-0.1, -0.05) is 96.6 Å². The molecular formula is C30H39Cl2NS. The van der Waals surface area contributed by atoms with Gasteiger partial charge in [0.05, 0.1) is 15.7 Å². The van der Waals surface area contributed by atoms with Crippen LogP contribution in [0.5, 0.6) is 0 Å². The van der Waals surface area contributed by atoms with Crippen LogP contribution in [0.2, 0.25) is 10.0 Å². The number of anilines is 2. The quantitative estimate of drug-likeness (QED) is 0.399. The van der Waals surface area contributed by atoms with Crippen LogP contribution in [0, 0.1) is 5.41 Å². The minimum atomic E-state index is -0.0349. The molecule has 2 unspecified atom stereocenters. The molecular weight excluding hydrogens is 477 g/mol. The Morgan fingerprint density at radius 2 is 1.41 bits per heavy atom. The number of hydrogen-bond donors (Lipinski definition) is 0. The van der Waals surface area contributed by atoms with Crippen LogP contribution in [-0.2, 0) is 10.8 Å². The van der Waals surface area contributed by atoms with Crippen molar-refractivity contribution in [3.05, 3.63) is 68.7 Å². The molecule has 0 N–H and O–H groups in total. The van der Waals surface area contributed by atoms with Crippen LogP contribution < -0.4 is 4.90 Å². The highest BCUT2D eigenvalue weighted by atomic mass is 35.5. The van der Waals surface area contributed by atoms with Crippen LogP contribution >= 0.6 is 35.0 Å². The van der Waals surface area contributed by atoms with E-state index in [1.807, 2.05) is 17.8 Å². The monoisotopic (exact) mass is 515 g/mol. The summed E-state index contributed by atoms with van der Waals surface area (Å²) in [4.78, 5) is 2.40. The van der Waals surface area contributed by atoms with Crippen molar-refractivity contribution in [2.24, 2.45) is 5.41 Å². The predicted molar refractivity (Wildman–Crippen MR) is 153 cm³/mol. The van der Waals surface area contributed by atoms with Gasteiger partial charge < -0.3 is 4.90 Å². The van der Waals surface area contributed by atoms with Gasteiger partial charge in [-0.25, -0.2) is 0 Å². The van der Waals surface area contributed by atoms with Crippen molar-refractivity contribution in [2.75, 3.05) is 4.90 Å². The van der Waals surface area contributed by atoms with Crippen molar-refractivity contribution in [1.82, 2.24) is 0 Å². The Morgan fingerprint density at radius 1 is 0.824 bits per heavy atom. The van der Waals surface area contributed by atoms with E-state index >= 15 is 0 Å². The highest BCUT2D eigenvalue weighted by molar-refractivity contribution is 8.03. The summed E-state index contributed by atoms with van der Waals surface area (Å²) in [7, 11) is 0. The van der Waals surface area contributed by atoms with Crippen molar-refractivity contribution >= 4 is 46.3 Å². The minimum Gasteiger partial charge on any atom is -0.312 e. The molecule has 0 aromatic heterocycles. The van der Waals surface area contributed by atoms with Gasteiger partial charge >= 0.3 is 0 Å². The van der Waals surface area contributed by atoms with Crippen LogP contribution in [0.4, 0.5) is 11.4 Å². The topological polar surface area (TPSA) is 3.24 Å². The Bertz CT molecular complexity index is 1110. The van der Waals surface area contributed by atoms with Gasteiger partial charge in [0, 0.05) is 21.5 Å². The van der Waals surface area contributed by atoms with Gasteiger partial charge in [0.2, 0.25) is 0 Å². The average molecular weight is 517 g/mol. The number of hydrogen-bond acceptors (Lipinski definition) is 2. The number of fused-ring (bicyclic) bond motifs is 1. The molecule has 4 heteroatoms. The minimum absolute atomic E-state index is 0.0349. The summed E-state index contributed by atoms with van der Waals surface area (Å²) in [5.41, 5.74) is 6.10. The first kappa shape index (κ1) is 26.0. The first-order valence-electron chi connectivity index (χ1n) is 12.5. The fraction of sp³-hybridized carbons (Fsp3) is 0.533. The summed E-state index contributed by atoms with van der Waals surface area (Å²) >= 11 is 15.8. The van der Waals surface area contributed by atoms with E-state index in [1.54, 1.807) is 0 Å². The summed E-state index contributed by atoms with van der Waals surface area (Å²) < 4.78 is 0.197. The number of nitrogens with zero attached hydrogens (tertiary/aromatic N) is 1. The maximum atomic E-state index is 6.99. The smallest absolute Gasteiger partial charge is 0.0832 e. The molecule has 2 atom stereocenters. The first-order chi connectivity index (χ1) is 15.7. The van der Waals surface area contributed by atoms with Crippen molar-refractivity contribution in [2.45, 2.75) is 96.7 Å². The van der Waals surface area contributed by atoms with Crippen LogP contribution in [0.1, 0.15) is 92.2 Å². The Kier molecular flexibility index (Phi) is 6.71. The maximum absolute atomic E-state index is 6.99. The lowest BCUT2D eigenvalue weighted by molar-refractivity contribution is 0.210. The highest BCUT2D eigenvalue weighted by Gasteiger charge is 2.54. The zero-order chi connectivity index (χ0) is 25.1. The molecule has 1 heterocycles. The molecule has 1 fully saturated rings. The largest absolute Gasteiger partial charge is 0.312 e. The fourth-order valence-electron chi connectivity index (χ4n) is 5.37. The first-order valence-corrected chi connectivity index (χ1v) is 14.1. The summed E-state index contributed by atoms with van der Waals surface area (Å²) in [6.45, 7) is 18.4. The van der Waals surface area contributed by atoms with Crippen molar-refractivity contribution in [3.8, 4) is 0 Å². The van der Waals surface area contributed by atoms with Crippen LogP contribution in [0.15, 0.2) is 47.5 Å². The molecule has 1 aliphatic carbocycles. The standard InChI is InChI=1S/C30H39Cl2NS/c1-27(2,3)20-11-13-22(14-12-20)33(24-18-21(28(4,5)6)17-23(31)26(24)32)25-19-34-30(8)16-10-9-15-29(25,30)7/h11-14,17-19H,9-10,15-16H2,1-8H3. The van der Waals surface area contributed by atoms with Crippen LogP contribution in [-0.4, -0.2) is 4.75 Å². The molecule has 1 saturated carbocycles. The van der Waals surface area contributed by atoms with Gasteiger partial charge in [0.25, 0.3) is 0 Å². The van der Waals surface area contributed by atoms with Crippen molar-refractivity contribution in [3.63, 3.8) is 0 Å². The van der Waals surface area contributed by atoms with E-state index in [4.69, 9.17) is 23.2 Å². The molecule has 2 aromatic carbocycles. The lowest BCUT2D eigenvalue weighted by Gasteiger charge is -2.48. The number of thioether (sulfide) groups is 1. The summed E-state index contributed by atoms with van der Waals surface area (Å²) in [5, 5.41) is 3.63. The van der Waals surface area contributed by atoms with Gasteiger partial charge in [-0.2, -0.15) is 0 Å². The lowest BCUT2D eigenvalue weighted by atomic mass is 9.65. The highest BCUT2D eigenvalue weighted by Crippen LogP contribution is 2.63. The van der Waals surface area contributed by atoms with Gasteiger partial charge in [0.1, 0.15) is 0 Å². The van der Waals surface area contributed by atoms with E-state index in [2.05, 4.69) is 96.0 Å². The third-order valence-corrected chi connectivity index (χ3v) is 10.4. The third-order valence-electron chi connectivity index (χ3n) is 8.09. The van der Waals surface area contributed by atoms with Crippen molar-refractivity contribution < 1.29 is 0 Å². The van der Waals surface area contributed by atoms with E-state index in [1.165, 1.54) is 42.5 Å². The number of rotatable bonds is 3. The lowest BCUT2D eigenvalue weighted by Crippen LogP contribution is -2.45. The summed E-state index contributed by atoms with van der Waals surface area (Å²) in [6.07, 6.45) is 4.98. The van der Waals surface area contributed by atoms with Gasteiger partial charge in [-0.15, -0.1) is 11.8 Å². The molecule has 2 aromatic rings. The Balaban J connectivity index is 1.94. The third kappa shape index (κ3) is 4.44. The molecule has 0 radical (unpaired) electrons. The molecule has 4 rings (SSSR count). The van der Waals surface area contributed by atoms with Gasteiger partial charge in [-0.3, -0.25) is 0 Å². The molecule has 1 aliphatic heterocycles. The summed E-state index contributed by atoms with van der Waals surface area (Å²) in [6, 6.07) is 13.3. The van der Waals surface area contributed by atoms with Crippen LogP contribution in [0.3, 0.4) is 0 Å². The molecule has 1 nitrogen and oxygen atoms in total. The maximum Gasteiger partial charge on any atom is 0.0832 e. The molecule has 34 heavy (non-hydrogen) atoms. The SMILES string of the molecule is CC(C)(C)c1ccc(N(C2=CSC3(C)CCCCC23C)c2cc(C(C)(C)C)cc(Cl)c2Cl)cc1. The Hall–Kier alpha value is -1.09. The normalized spacial score (nSPS) is 25.2. The molecule has 2 aliphatic rings. The second-order valence-corrected chi connectivity index (χ2v) is 14.7. The van der Waals surface area contributed by atoms with Gasteiger partial charge in [-0.05, 0) is 71.4 Å². The predicted octanol–water partition coefficient (Wildman–Crippen LogP) is 10.7. The molecule has 0 amide bonds. The van der Waals surface area contributed by atoms with E-state index in [0.717, 1.165) is 11.4 Å². The average Bonchev–Trinajstić information content (AvgIpc) is 3.01. The van der Waals surface area contributed by atoms with Crippen LogP contribution in [0.25, 0.3) is 0 Å². The molecule has 184 valence electrons. The Morgan fingerprint density at radius 3 is 2.00 bits per heavy atom. The molecule has 0 bridgehead atoms. The van der Waals surface area contributed by atoms with E-state index in [-0.39, 0.29) is 21.0 Å². The second-order valence-electron chi connectivity index (χ2n) is 12.6.